The molecule has 1 aromatic rings. The molecule has 1 aromatic carbocycles. The van der Waals surface area contributed by atoms with Crippen LogP contribution >= 0.6 is 0 Å². The molecule has 0 unspecified atom stereocenters. The highest BCUT2D eigenvalue weighted by molar-refractivity contribution is 5.79. The number of halogens is 2. The van der Waals surface area contributed by atoms with E-state index >= 15 is 0 Å². The second-order valence-electron chi connectivity index (χ2n) is 5.67. The Labute approximate surface area is 135 Å². The van der Waals surface area contributed by atoms with Crippen molar-refractivity contribution in [3.63, 3.8) is 0 Å². The zero-order valence-electron chi connectivity index (χ0n) is 13.5. The molecule has 124 valence electrons. The van der Waals surface area contributed by atoms with Crippen molar-refractivity contribution in [1.82, 2.24) is 4.90 Å². The van der Waals surface area contributed by atoms with E-state index in [1.54, 1.807) is 15.9 Å². The number of amides is 1. The number of nitriles is 1. The summed E-state index contributed by atoms with van der Waals surface area (Å²) in [5.74, 6) is -1.42. The fourth-order valence-corrected chi connectivity index (χ4v) is 3.08. The molecule has 6 heteroatoms. The van der Waals surface area contributed by atoms with E-state index in [-0.39, 0.29) is 23.1 Å². The molecule has 0 spiro atoms. The van der Waals surface area contributed by atoms with E-state index in [2.05, 4.69) is 0 Å². The maximum atomic E-state index is 14.1. The summed E-state index contributed by atoms with van der Waals surface area (Å²) in [5, 5.41) is 8.74. The zero-order valence-corrected chi connectivity index (χ0v) is 13.5. The SMILES string of the molecule is CCN(CC)C(=O)C1CCN(c2c(F)cc(C#N)cc2F)CC1. The largest absolute Gasteiger partial charge is 0.367 e. The summed E-state index contributed by atoms with van der Waals surface area (Å²) < 4.78 is 28.1. The Morgan fingerprint density at radius 2 is 1.78 bits per heavy atom. The monoisotopic (exact) mass is 321 g/mol. The molecule has 1 saturated heterocycles. The molecule has 4 nitrogen and oxygen atoms in total. The Morgan fingerprint density at radius 1 is 1.26 bits per heavy atom. The Kier molecular flexibility index (Phi) is 5.54. The van der Waals surface area contributed by atoms with E-state index < -0.39 is 11.6 Å². The van der Waals surface area contributed by atoms with Crippen LogP contribution in [0.25, 0.3) is 0 Å². The van der Waals surface area contributed by atoms with Crippen LogP contribution in [-0.4, -0.2) is 37.0 Å². The molecule has 2 rings (SSSR count). The normalized spacial score (nSPS) is 15.3. The highest BCUT2D eigenvalue weighted by Gasteiger charge is 2.29. The van der Waals surface area contributed by atoms with Gasteiger partial charge in [0.2, 0.25) is 5.91 Å². The molecule has 1 fully saturated rings. The molecule has 0 aliphatic carbocycles. The summed E-state index contributed by atoms with van der Waals surface area (Å²) >= 11 is 0. The van der Waals surface area contributed by atoms with Crippen LogP contribution in [0.3, 0.4) is 0 Å². The second kappa shape index (κ2) is 7.40. The van der Waals surface area contributed by atoms with Crippen molar-refractivity contribution in [3.05, 3.63) is 29.3 Å². The molecule has 0 bridgehead atoms. The maximum absolute atomic E-state index is 14.1. The zero-order chi connectivity index (χ0) is 17.0. The van der Waals surface area contributed by atoms with Crippen molar-refractivity contribution in [2.24, 2.45) is 5.92 Å². The van der Waals surface area contributed by atoms with Crippen molar-refractivity contribution in [2.45, 2.75) is 26.7 Å². The third kappa shape index (κ3) is 3.61. The summed E-state index contributed by atoms with van der Waals surface area (Å²) in [5.41, 5.74) is -0.131. The summed E-state index contributed by atoms with van der Waals surface area (Å²) in [6, 6.07) is 3.83. The smallest absolute Gasteiger partial charge is 0.225 e. The van der Waals surface area contributed by atoms with Crippen molar-refractivity contribution in [1.29, 1.82) is 5.26 Å². The van der Waals surface area contributed by atoms with Crippen LogP contribution in [0, 0.1) is 28.9 Å². The van der Waals surface area contributed by atoms with Crippen LogP contribution in [0.4, 0.5) is 14.5 Å². The predicted octanol–water partition coefficient (Wildman–Crippen LogP) is 2.92. The average Bonchev–Trinajstić information content (AvgIpc) is 2.55. The van der Waals surface area contributed by atoms with Gasteiger partial charge in [0.15, 0.2) is 11.6 Å². The predicted molar refractivity (Wildman–Crippen MR) is 83.9 cm³/mol. The lowest BCUT2D eigenvalue weighted by Gasteiger charge is -2.35. The third-order valence-corrected chi connectivity index (χ3v) is 4.38. The molecular formula is C17H21F2N3O. The lowest BCUT2D eigenvalue weighted by Crippen LogP contribution is -2.43. The fourth-order valence-electron chi connectivity index (χ4n) is 3.08. The van der Waals surface area contributed by atoms with Gasteiger partial charge in [0.05, 0.1) is 11.6 Å². The third-order valence-electron chi connectivity index (χ3n) is 4.38. The Hall–Kier alpha value is -2.16. The standard InChI is InChI=1S/C17H21F2N3O/c1-3-21(4-2)17(23)13-5-7-22(8-6-13)16-14(18)9-12(11-20)10-15(16)19/h9-10,13H,3-8H2,1-2H3. The molecular weight excluding hydrogens is 300 g/mol. The first-order valence-electron chi connectivity index (χ1n) is 7.94. The van der Waals surface area contributed by atoms with Gasteiger partial charge in [0.25, 0.3) is 0 Å². The van der Waals surface area contributed by atoms with Crippen LogP contribution < -0.4 is 4.90 Å². The second-order valence-corrected chi connectivity index (χ2v) is 5.67. The molecule has 0 atom stereocenters. The highest BCUT2D eigenvalue weighted by Crippen LogP contribution is 2.29. The van der Waals surface area contributed by atoms with Crippen molar-refractivity contribution < 1.29 is 13.6 Å². The number of hydrogen-bond acceptors (Lipinski definition) is 3. The van der Waals surface area contributed by atoms with Gasteiger partial charge < -0.3 is 9.80 Å². The van der Waals surface area contributed by atoms with Gasteiger partial charge in [-0.3, -0.25) is 4.79 Å². The van der Waals surface area contributed by atoms with E-state index in [1.165, 1.54) is 0 Å². The number of carbonyl (C=O) groups is 1. The summed E-state index contributed by atoms with van der Waals surface area (Å²) in [6.07, 6.45) is 1.16. The van der Waals surface area contributed by atoms with Gasteiger partial charge in [0.1, 0.15) is 5.69 Å². The van der Waals surface area contributed by atoms with Crippen molar-refractivity contribution >= 4 is 11.6 Å². The highest BCUT2D eigenvalue weighted by atomic mass is 19.1. The first-order valence-corrected chi connectivity index (χ1v) is 7.94. The van der Waals surface area contributed by atoms with Gasteiger partial charge in [-0.1, -0.05) is 0 Å². The molecule has 0 N–H and O–H groups in total. The van der Waals surface area contributed by atoms with E-state index in [4.69, 9.17) is 5.26 Å². The lowest BCUT2D eigenvalue weighted by molar-refractivity contribution is -0.135. The van der Waals surface area contributed by atoms with Gasteiger partial charge in [0, 0.05) is 32.1 Å². The molecule has 1 heterocycles. The maximum Gasteiger partial charge on any atom is 0.225 e. The van der Waals surface area contributed by atoms with Gasteiger partial charge >= 0.3 is 0 Å². The first-order chi connectivity index (χ1) is 11.0. The van der Waals surface area contributed by atoms with Crippen LogP contribution in [0.1, 0.15) is 32.3 Å². The molecule has 0 aromatic heterocycles. The Bertz CT molecular complexity index is 592. The molecule has 0 saturated carbocycles. The minimum atomic E-state index is -0.727. The molecule has 1 aliphatic heterocycles. The molecule has 1 amide bonds. The van der Waals surface area contributed by atoms with E-state index in [0.29, 0.717) is 39.0 Å². The fraction of sp³-hybridized carbons (Fsp3) is 0.529. The topological polar surface area (TPSA) is 47.3 Å². The van der Waals surface area contributed by atoms with Crippen molar-refractivity contribution in [3.8, 4) is 6.07 Å². The first kappa shape index (κ1) is 17.2. The van der Waals surface area contributed by atoms with Crippen LogP contribution in [-0.2, 0) is 4.79 Å². The van der Waals surface area contributed by atoms with Gasteiger partial charge in [-0.25, -0.2) is 8.78 Å². The Morgan fingerprint density at radius 3 is 2.22 bits per heavy atom. The minimum absolute atomic E-state index is 0.0321. The quantitative estimate of drug-likeness (QED) is 0.856. The Balaban J connectivity index is 2.08. The molecule has 0 radical (unpaired) electrons. The van der Waals surface area contributed by atoms with E-state index in [0.717, 1.165) is 12.1 Å². The number of nitrogens with zero attached hydrogens (tertiary/aromatic N) is 3. The number of carbonyl (C=O) groups excluding carboxylic acids is 1. The minimum Gasteiger partial charge on any atom is -0.367 e. The average molecular weight is 321 g/mol. The van der Waals surface area contributed by atoms with E-state index in [9.17, 15) is 13.6 Å². The summed E-state index contributed by atoms with van der Waals surface area (Å²) in [7, 11) is 0. The van der Waals surface area contributed by atoms with Gasteiger partial charge in [-0.05, 0) is 38.8 Å². The van der Waals surface area contributed by atoms with Crippen LogP contribution in [0.15, 0.2) is 12.1 Å². The number of anilines is 1. The van der Waals surface area contributed by atoms with Gasteiger partial charge in [-0.2, -0.15) is 5.26 Å². The molecule has 23 heavy (non-hydrogen) atoms. The number of piperidine rings is 1. The van der Waals surface area contributed by atoms with E-state index in [1.807, 2.05) is 13.8 Å². The number of rotatable bonds is 4. The summed E-state index contributed by atoms with van der Waals surface area (Å²) in [6.45, 7) is 6.09. The van der Waals surface area contributed by atoms with Crippen LogP contribution in [0.2, 0.25) is 0 Å². The number of benzene rings is 1. The number of hydrogen-bond donors (Lipinski definition) is 0. The van der Waals surface area contributed by atoms with Crippen LogP contribution in [0.5, 0.6) is 0 Å². The van der Waals surface area contributed by atoms with Gasteiger partial charge in [-0.15, -0.1) is 0 Å². The molecule has 1 aliphatic rings. The summed E-state index contributed by atoms with van der Waals surface area (Å²) in [4.78, 5) is 15.8. The van der Waals surface area contributed by atoms with Crippen molar-refractivity contribution in [2.75, 3.05) is 31.1 Å². The lowest BCUT2D eigenvalue weighted by atomic mass is 9.94.